The summed E-state index contributed by atoms with van der Waals surface area (Å²) >= 11 is 0. The molecule has 7 heteroatoms. The molecule has 106 valence electrons. The van der Waals surface area contributed by atoms with Gasteiger partial charge in [-0.2, -0.15) is 0 Å². The van der Waals surface area contributed by atoms with Crippen molar-refractivity contribution in [3.63, 3.8) is 0 Å². The Hall–Kier alpha value is -3.22. The average Bonchev–Trinajstić information content (AvgIpc) is 2.46. The largest absolute Gasteiger partial charge is 0.868 e. The highest BCUT2D eigenvalue weighted by molar-refractivity contribution is 5.88. The topological polar surface area (TPSA) is 119 Å². The fourth-order valence-electron chi connectivity index (χ4n) is 1.62. The normalized spacial score (nSPS) is 10.7. The lowest BCUT2D eigenvalue weighted by Crippen LogP contribution is -2.21. The lowest BCUT2D eigenvalue weighted by atomic mass is 10.2. The van der Waals surface area contributed by atoms with Crippen LogP contribution >= 0.6 is 0 Å². The molecule has 7 nitrogen and oxygen atoms in total. The summed E-state index contributed by atoms with van der Waals surface area (Å²) < 4.78 is 0. The molecule has 0 amide bonds. The van der Waals surface area contributed by atoms with Crippen LogP contribution in [0.2, 0.25) is 0 Å². The van der Waals surface area contributed by atoms with E-state index in [2.05, 4.69) is 4.99 Å². The summed E-state index contributed by atoms with van der Waals surface area (Å²) in [7, 11) is 0. The van der Waals surface area contributed by atoms with E-state index in [9.17, 15) is 25.1 Å². The highest BCUT2D eigenvalue weighted by Crippen LogP contribution is 2.23. The molecule has 2 rings (SSSR count). The van der Waals surface area contributed by atoms with Crippen LogP contribution in [0.4, 0.5) is 11.4 Å². The van der Waals surface area contributed by atoms with Crippen LogP contribution in [0.3, 0.4) is 0 Å². The van der Waals surface area contributed by atoms with Gasteiger partial charge in [-0.25, -0.2) is 0 Å². The zero-order chi connectivity index (χ0) is 15.4. The standard InChI is InChI=1S/C14H10N2O5/c17-13-5-4-9(6-12(13)16(20)21)8-15-11-3-1-2-10(7-11)14(18)19/h1-8,17H,(H,18,19)/p-2. The Morgan fingerprint density at radius 3 is 2.62 bits per heavy atom. The SMILES string of the molecule is O=C([O-])c1cccc(N=Cc2ccc([O-])c([N+](=O)[O-])c2)c1. The number of aromatic carboxylic acids is 1. The van der Waals surface area contributed by atoms with Crippen molar-refractivity contribution >= 4 is 23.6 Å². The summed E-state index contributed by atoms with van der Waals surface area (Å²) in [6, 6.07) is 9.32. The van der Waals surface area contributed by atoms with Crippen LogP contribution < -0.4 is 10.2 Å². The molecule has 0 saturated carbocycles. The van der Waals surface area contributed by atoms with Gasteiger partial charge in [0.2, 0.25) is 0 Å². The first-order chi connectivity index (χ1) is 9.97. The fraction of sp³-hybridized carbons (Fsp3) is 0. The molecule has 0 saturated heterocycles. The van der Waals surface area contributed by atoms with Gasteiger partial charge < -0.3 is 15.0 Å². The van der Waals surface area contributed by atoms with E-state index in [4.69, 9.17) is 0 Å². The van der Waals surface area contributed by atoms with Gasteiger partial charge in [-0.1, -0.05) is 24.3 Å². The van der Waals surface area contributed by atoms with Crippen LogP contribution in [-0.2, 0) is 0 Å². The first-order valence-electron chi connectivity index (χ1n) is 5.78. The second-order valence-corrected chi connectivity index (χ2v) is 4.08. The Balaban J connectivity index is 2.29. The van der Waals surface area contributed by atoms with Gasteiger partial charge in [0.25, 0.3) is 5.69 Å². The molecular weight excluding hydrogens is 276 g/mol. The molecule has 0 aromatic heterocycles. The highest BCUT2D eigenvalue weighted by Gasteiger charge is 2.06. The first kappa shape index (κ1) is 14.2. The smallest absolute Gasteiger partial charge is 0.262 e. The van der Waals surface area contributed by atoms with Crippen LogP contribution in [0.5, 0.6) is 5.75 Å². The number of aliphatic imine (C=N–C) groups is 1. The molecule has 0 N–H and O–H groups in total. The molecule has 0 aliphatic rings. The Kier molecular flexibility index (Phi) is 3.94. The van der Waals surface area contributed by atoms with E-state index in [1.54, 1.807) is 6.07 Å². The molecule has 0 heterocycles. The molecule has 2 aromatic rings. The van der Waals surface area contributed by atoms with Gasteiger partial charge in [-0.15, -0.1) is 0 Å². The van der Waals surface area contributed by atoms with Crippen LogP contribution in [0.15, 0.2) is 47.5 Å². The third-order valence-corrected chi connectivity index (χ3v) is 2.62. The number of nitro benzene ring substituents is 1. The van der Waals surface area contributed by atoms with Crippen molar-refractivity contribution in [1.29, 1.82) is 0 Å². The number of carboxylic acid groups (broad SMARTS) is 1. The third-order valence-electron chi connectivity index (χ3n) is 2.62. The fourth-order valence-corrected chi connectivity index (χ4v) is 1.62. The number of nitro groups is 1. The van der Waals surface area contributed by atoms with Gasteiger partial charge >= 0.3 is 0 Å². The molecule has 0 bridgehead atoms. The Bertz CT molecular complexity index is 740. The summed E-state index contributed by atoms with van der Waals surface area (Å²) in [4.78, 5) is 24.6. The highest BCUT2D eigenvalue weighted by atomic mass is 16.6. The third kappa shape index (κ3) is 3.41. The van der Waals surface area contributed by atoms with Crippen molar-refractivity contribution in [2.75, 3.05) is 0 Å². The first-order valence-corrected chi connectivity index (χ1v) is 5.78. The molecule has 0 aliphatic heterocycles. The van der Waals surface area contributed by atoms with Crippen molar-refractivity contribution in [1.82, 2.24) is 0 Å². The Labute approximate surface area is 119 Å². The summed E-state index contributed by atoms with van der Waals surface area (Å²) in [5.74, 6) is -2.01. The number of benzene rings is 2. The molecule has 2 aromatic carbocycles. The summed E-state index contributed by atoms with van der Waals surface area (Å²) in [6.45, 7) is 0. The van der Waals surface area contributed by atoms with E-state index in [-0.39, 0.29) is 5.56 Å². The van der Waals surface area contributed by atoms with Crippen molar-refractivity contribution in [2.24, 2.45) is 4.99 Å². The number of hydrogen-bond donors (Lipinski definition) is 0. The van der Waals surface area contributed by atoms with Crippen molar-refractivity contribution in [3.8, 4) is 5.75 Å². The molecule has 0 atom stereocenters. The Morgan fingerprint density at radius 1 is 1.19 bits per heavy atom. The van der Waals surface area contributed by atoms with Gasteiger partial charge in [-0.3, -0.25) is 15.1 Å². The lowest BCUT2D eigenvalue weighted by molar-refractivity contribution is -0.398. The number of rotatable bonds is 4. The molecular formula is C14H8N2O5-2. The maximum Gasteiger partial charge on any atom is 0.262 e. The molecule has 0 unspecified atom stereocenters. The number of nitrogens with zero attached hydrogens (tertiary/aromatic N) is 2. The maximum atomic E-state index is 11.2. The minimum Gasteiger partial charge on any atom is -0.868 e. The van der Waals surface area contributed by atoms with Gasteiger partial charge in [-0.05, 0) is 29.0 Å². The van der Waals surface area contributed by atoms with Gasteiger partial charge in [0, 0.05) is 12.3 Å². The maximum absolute atomic E-state index is 11.2. The predicted molar refractivity (Wildman–Crippen MR) is 70.6 cm³/mol. The lowest BCUT2D eigenvalue weighted by Gasteiger charge is -2.06. The van der Waals surface area contributed by atoms with E-state index < -0.39 is 22.3 Å². The molecule has 0 aliphatic carbocycles. The van der Waals surface area contributed by atoms with E-state index >= 15 is 0 Å². The Morgan fingerprint density at radius 2 is 1.95 bits per heavy atom. The van der Waals surface area contributed by atoms with Crippen molar-refractivity contribution in [3.05, 3.63) is 63.7 Å². The van der Waals surface area contributed by atoms with Gasteiger partial charge in [0.15, 0.2) is 0 Å². The zero-order valence-electron chi connectivity index (χ0n) is 10.6. The average molecular weight is 284 g/mol. The number of hydrogen-bond acceptors (Lipinski definition) is 6. The molecule has 0 radical (unpaired) electrons. The van der Waals surface area contributed by atoms with E-state index in [0.29, 0.717) is 11.3 Å². The quantitative estimate of drug-likeness (QED) is 0.467. The van der Waals surface area contributed by atoms with E-state index in [0.717, 1.165) is 12.1 Å². The van der Waals surface area contributed by atoms with Crippen molar-refractivity contribution in [2.45, 2.75) is 0 Å². The number of carbonyl (C=O) groups excluding carboxylic acids is 1. The van der Waals surface area contributed by atoms with E-state index in [1.807, 2.05) is 0 Å². The van der Waals surface area contributed by atoms with Crippen LogP contribution in [-0.4, -0.2) is 17.1 Å². The summed E-state index contributed by atoms with van der Waals surface area (Å²) in [5, 5.41) is 32.6. The van der Waals surface area contributed by atoms with Gasteiger partial charge in [0.1, 0.15) is 0 Å². The van der Waals surface area contributed by atoms with Crippen LogP contribution in [0, 0.1) is 10.1 Å². The minimum atomic E-state index is -1.32. The monoisotopic (exact) mass is 284 g/mol. The second-order valence-electron chi connectivity index (χ2n) is 4.08. The number of carboxylic acids is 1. The number of carbonyl (C=O) groups is 1. The molecule has 21 heavy (non-hydrogen) atoms. The van der Waals surface area contributed by atoms with Crippen LogP contribution in [0.25, 0.3) is 0 Å². The zero-order valence-corrected chi connectivity index (χ0v) is 10.6. The van der Waals surface area contributed by atoms with Gasteiger partial charge in [0.05, 0.1) is 16.6 Å². The molecule has 0 spiro atoms. The van der Waals surface area contributed by atoms with Crippen LogP contribution in [0.1, 0.15) is 15.9 Å². The second kappa shape index (κ2) is 5.83. The minimum absolute atomic E-state index is 0.0227. The predicted octanol–water partition coefficient (Wildman–Crippen LogP) is 0.782. The summed E-state index contributed by atoms with van der Waals surface area (Å²) in [5.41, 5.74) is 0.152. The molecule has 0 fully saturated rings. The van der Waals surface area contributed by atoms with E-state index in [1.165, 1.54) is 30.5 Å². The van der Waals surface area contributed by atoms with Crippen molar-refractivity contribution < 1.29 is 19.9 Å². The summed E-state index contributed by atoms with van der Waals surface area (Å²) in [6.07, 6.45) is 1.31.